The first-order valence-corrected chi connectivity index (χ1v) is 8.65. The van der Waals surface area contributed by atoms with Gasteiger partial charge in [-0.05, 0) is 30.4 Å². The van der Waals surface area contributed by atoms with Crippen molar-refractivity contribution >= 4 is 11.9 Å². The van der Waals surface area contributed by atoms with Crippen molar-refractivity contribution < 1.29 is 23.8 Å². The molecule has 1 aliphatic rings. The molecule has 0 unspecified atom stereocenters. The maximum Gasteiger partial charge on any atom is 0.342 e. The second-order valence-corrected chi connectivity index (χ2v) is 6.56. The van der Waals surface area contributed by atoms with Crippen LogP contribution in [-0.4, -0.2) is 38.7 Å². The number of amides is 1. The van der Waals surface area contributed by atoms with Crippen molar-refractivity contribution in [3.05, 3.63) is 23.8 Å². The number of methoxy groups -OCH3 is 2. The van der Waals surface area contributed by atoms with E-state index in [4.69, 9.17) is 14.2 Å². The maximum atomic E-state index is 12.3. The Kier molecular flexibility index (Phi) is 6.67. The molecule has 1 aromatic carbocycles. The van der Waals surface area contributed by atoms with Crippen LogP contribution in [-0.2, 0) is 9.53 Å². The highest BCUT2D eigenvalue weighted by atomic mass is 16.5. The van der Waals surface area contributed by atoms with Crippen LogP contribution in [0.3, 0.4) is 0 Å². The van der Waals surface area contributed by atoms with Crippen molar-refractivity contribution in [2.24, 2.45) is 11.8 Å². The minimum Gasteiger partial charge on any atom is -0.493 e. The molecule has 1 fully saturated rings. The number of nitrogens with one attached hydrogen (secondary N) is 1. The van der Waals surface area contributed by atoms with Crippen molar-refractivity contribution in [1.82, 2.24) is 5.32 Å². The third-order valence-electron chi connectivity index (χ3n) is 5.01. The van der Waals surface area contributed by atoms with Crippen molar-refractivity contribution in [2.45, 2.75) is 39.2 Å². The zero-order chi connectivity index (χ0) is 18.4. The minimum absolute atomic E-state index is 0.140. The molecule has 6 nitrogen and oxygen atoms in total. The minimum atomic E-state index is -0.615. The van der Waals surface area contributed by atoms with Crippen LogP contribution in [0.4, 0.5) is 0 Å². The lowest BCUT2D eigenvalue weighted by Crippen LogP contribution is -2.45. The fourth-order valence-corrected chi connectivity index (χ4v) is 3.29. The predicted molar refractivity (Wildman–Crippen MR) is 93.9 cm³/mol. The molecule has 1 aliphatic carbocycles. The summed E-state index contributed by atoms with van der Waals surface area (Å²) in [5.74, 6) is 0.850. The molecule has 25 heavy (non-hydrogen) atoms. The molecule has 1 amide bonds. The summed E-state index contributed by atoms with van der Waals surface area (Å²) in [6, 6.07) is 5.07. The van der Waals surface area contributed by atoms with Gasteiger partial charge in [0, 0.05) is 6.04 Å². The van der Waals surface area contributed by atoms with Gasteiger partial charge in [-0.25, -0.2) is 4.79 Å². The van der Waals surface area contributed by atoms with Crippen LogP contribution in [0.15, 0.2) is 18.2 Å². The summed E-state index contributed by atoms with van der Waals surface area (Å²) in [6.07, 6.45) is 3.27. The van der Waals surface area contributed by atoms with Gasteiger partial charge in [0.15, 0.2) is 18.1 Å². The number of ether oxygens (including phenoxy) is 3. The second kappa shape index (κ2) is 8.74. The third-order valence-corrected chi connectivity index (χ3v) is 5.01. The number of hydrogen-bond acceptors (Lipinski definition) is 5. The predicted octanol–water partition coefficient (Wildman–Crippen LogP) is 2.80. The zero-order valence-corrected chi connectivity index (χ0v) is 15.3. The van der Waals surface area contributed by atoms with E-state index in [9.17, 15) is 9.59 Å². The lowest BCUT2D eigenvalue weighted by molar-refractivity contribution is -0.125. The fraction of sp³-hybridized carbons (Fsp3) is 0.579. The van der Waals surface area contributed by atoms with Crippen LogP contribution in [0.5, 0.6) is 11.5 Å². The van der Waals surface area contributed by atoms with Crippen molar-refractivity contribution in [2.75, 3.05) is 20.8 Å². The summed E-state index contributed by atoms with van der Waals surface area (Å²) in [4.78, 5) is 24.4. The van der Waals surface area contributed by atoms with Crippen molar-refractivity contribution in [1.29, 1.82) is 0 Å². The van der Waals surface area contributed by atoms with Crippen molar-refractivity contribution in [3.63, 3.8) is 0 Å². The normalized spacial score (nSPS) is 22.8. The molecule has 0 aliphatic heterocycles. The number of carbonyl (C=O) groups excluding carboxylic acids is 2. The van der Waals surface area contributed by atoms with Gasteiger partial charge in [0.1, 0.15) is 5.56 Å². The third kappa shape index (κ3) is 4.65. The molecule has 0 radical (unpaired) electrons. The summed E-state index contributed by atoms with van der Waals surface area (Å²) in [7, 11) is 2.94. The molecule has 6 heteroatoms. The monoisotopic (exact) mass is 349 g/mol. The second-order valence-electron chi connectivity index (χ2n) is 6.56. The Hall–Kier alpha value is -2.24. The number of para-hydroxylation sites is 1. The molecule has 3 atom stereocenters. The molecular formula is C19H27NO5. The highest BCUT2D eigenvalue weighted by Crippen LogP contribution is 2.31. The highest BCUT2D eigenvalue weighted by Gasteiger charge is 2.28. The van der Waals surface area contributed by atoms with Gasteiger partial charge in [-0.15, -0.1) is 0 Å². The van der Waals surface area contributed by atoms with Gasteiger partial charge in [0.05, 0.1) is 14.2 Å². The molecule has 0 heterocycles. The molecule has 1 N–H and O–H groups in total. The largest absolute Gasteiger partial charge is 0.493 e. The van der Waals surface area contributed by atoms with E-state index in [1.54, 1.807) is 18.2 Å². The summed E-state index contributed by atoms with van der Waals surface area (Å²) >= 11 is 0. The van der Waals surface area contributed by atoms with Crippen molar-refractivity contribution in [3.8, 4) is 11.5 Å². The highest BCUT2D eigenvalue weighted by molar-refractivity contribution is 5.95. The van der Waals surface area contributed by atoms with E-state index >= 15 is 0 Å². The van der Waals surface area contributed by atoms with Crippen LogP contribution in [0.2, 0.25) is 0 Å². The molecule has 2 rings (SSSR count). The molecule has 0 spiro atoms. The SMILES string of the molecule is COc1cccc(C(=O)OCC(=O)N[C@@H]2CCC[C@@H](C)[C@H]2C)c1OC. The molecular weight excluding hydrogens is 322 g/mol. The van der Waals surface area contributed by atoms with Gasteiger partial charge in [0.25, 0.3) is 5.91 Å². The summed E-state index contributed by atoms with van der Waals surface area (Å²) < 4.78 is 15.5. The number of carbonyl (C=O) groups is 2. The van der Waals surface area contributed by atoms with Crippen LogP contribution in [0.25, 0.3) is 0 Å². The standard InChI is InChI=1S/C19H27NO5/c1-12-7-5-9-15(13(12)2)20-17(21)11-25-19(22)14-8-6-10-16(23-3)18(14)24-4/h6,8,10,12-13,15H,5,7,9,11H2,1-4H3,(H,20,21)/t12-,13-,15-/m1/s1. The van der Waals surface area contributed by atoms with Crippen LogP contribution < -0.4 is 14.8 Å². The lowest BCUT2D eigenvalue weighted by Gasteiger charge is -2.34. The van der Waals surface area contributed by atoms with Gasteiger partial charge in [-0.2, -0.15) is 0 Å². The van der Waals surface area contributed by atoms with Gasteiger partial charge >= 0.3 is 5.97 Å². The zero-order valence-electron chi connectivity index (χ0n) is 15.3. The average molecular weight is 349 g/mol. The number of esters is 1. The fourth-order valence-electron chi connectivity index (χ4n) is 3.29. The van der Waals surface area contributed by atoms with Crippen LogP contribution in [0, 0.1) is 11.8 Å². The van der Waals surface area contributed by atoms with E-state index in [1.165, 1.54) is 20.6 Å². The molecule has 0 bridgehead atoms. The first kappa shape index (κ1) is 19.1. The van der Waals surface area contributed by atoms with Gasteiger partial charge in [-0.3, -0.25) is 4.79 Å². The Morgan fingerprint density at radius 2 is 1.92 bits per heavy atom. The number of benzene rings is 1. The first-order valence-electron chi connectivity index (χ1n) is 8.65. The average Bonchev–Trinajstić information content (AvgIpc) is 2.62. The Morgan fingerprint density at radius 3 is 2.60 bits per heavy atom. The molecule has 1 aromatic rings. The van der Waals surface area contributed by atoms with Crippen LogP contribution >= 0.6 is 0 Å². The summed E-state index contributed by atoms with van der Waals surface area (Å²) in [6.45, 7) is 4.05. The Balaban J connectivity index is 1.92. The Labute approximate surface area is 148 Å². The van der Waals surface area contributed by atoms with Gasteiger partial charge < -0.3 is 19.5 Å². The number of rotatable bonds is 6. The maximum absolute atomic E-state index is 12.3. The van der Waals surface area contributed by atoms with E-state index in [0.29, 0.717) is 23.3 Å². The van der Waals surface area contributed by atoms with Gasteiger partial charge in [0.2, 0.25) is 0 Å². The first-order chi connectivity index (χ1) is 12.0. The quantitative estimate of drug-likeness (QED) is 0.800. The molecule has 0 aromatic heterocycles. The van der Waals surface area contributed by atoms with Gasteiger partial charge in [-0.1, -0.05) is 32.8 Å². The Bertz CT molecular complexity index is 616. The lowest BCUT2D eigenvalue weighted by atomic mass is 9.78. The van der Waals surface area contributed by atoms with Crippen LogP contribution in [0.1, 0.15) is 43.5 Å². The smallest absolute Gasteiger partial charge is 0.342 e. The van der Waals surface area contributed by atoms with E-state index < -0.39 is 5.97 Å². The molecule has 138 valence electrons. The molecule has 1 saturated carbocycles. The summed E-state index contributed by atoms with van der Waals surface area (Å²) in [5, 5.41) is 2.98. The van der Waals surface area contributed by atoms with E-state index in [2.05, 4.69) is 19.2 Å². The summed E-state index contributed by atoms with van der Waals surface area (Å²) in [5.41, 5.74) is 0.231. The van der Waals surface area contributed by atoms with E-state index in [1.807, 2.05) is 0 Å². The van der Waals surface area contributed by atoms with E-state index in [-0.39, 0.29) is 24.1 Å². The molecule has 0 saturated heterocycles. The Morgan fingerprint density at radius 1 is 1.16 bits per heavy atom. The number of hydrogen-bond donors (Lipinski definition) is 1. The van der Waals surface area contributed by atoms with E-state index in [0.717, 1.165) is 12.8 Å². The topological polar surface area (TPSA) is 73.9 Å².